The van der Waals surface area contributed by atoms with Crippen molar-refractivity contribution < 1.29 is 14.2 Å². The Labute approximate surface area is 195 Å². The van der Waals surface area contributed by atoms with Gasteiger partial charge in [-0.05, 0) is 72.1 Å². The second-order valence-corrected chi connectivity index (χ2v) is 8.80. The first-order valence-electron chi connectivity index (χ1n) is 10.6. The van der Waals surface area contributed by atoms with Crippen molar-refractivity contribution in [2.75, 3.05) is 20.8 Å². The molecule has 2 N–H and O–H groups in total. The van der Waals surface area contributed by atoms with E-state index in [0.717, 1.165) is 45.8 Å². The van der Waals surface area contributed by atoms with Gasteiger partial charge in [-0.3, -0.25) is 0 Å². The fourth-order valence-electron chi connectivity index (χ4n) is 4.40. The molecule has 1 atom stereocenters. The quantitative estimate of drug-likeness (QED) is 0.359. The van der Waals surface area contributed by atoms with Crippen LogP contribution in [0.4, 0.5) is 0 Å². The maximum atomic E-state index is 6.03. The summed E-state index contributed by atoms with van der Waals surface area (Å²) in [4.78, 5) is 3.64. The number of nitrogens with one attached hydrogen (secondary N) is 2. The summed E-state index contributed by atoms with van der Waals surface area (Å²) in [5, 5.41) is 4.91. The lowest BCUT2D eigenvalue weighted by atomic mass is 9.93. The Morgan fingerprint density at radius 1 is 0.938 bits per heavy atom. The van der Waals surface area contributed by atoms with Crippen molar-refractivity contribution >= 4 is 26.8 Å². The Balaban J connectivity index is 1.47. The molecule has 1 aliphatic rings. The second-order valence-electron chi connectivity index (χ2n) is 7.88. The van der Waals surface area contributed by atoms with Crippen LogP contribution in [-0.4, -0.2) is 25.7 Å². The fraction of sp³-hybridized carbons (Fsp3) is 0.231. The number of aromatic nitrogens is 1. The van der Waals surface area contributed by atoms with E-state index in [1.165, 1.54) is 22.2 Å². The van der Waals surface area contributed by atoms with Gasteiger partial charge in [0.2, 0.25) is 0 Å². The maximum Gasteiger partial charge on any atom is 0.125 e. The van der Waals surface area contributed by atoms with Crippen molar-refractivity contribution in [2.24, 2.45) is 0 Å². The summed E-state index contributed by atoms with van der Waals surface area (Å²) < 4.78 is 18.1. The largest absolute Gasteiger partial charge is 0.497 e. The zero-order chi connectivity index (χ0) is 22.1. The third-order valence-corrected chi connectivity index (χ3v) is 6.53. The number of benzene rings is 3. The molecule has 3 aromatic carbocycles. The molecular weight excluding hydrogens is 468 g/mol. The van der Waals surface area contributed by atoms with Crippen LogP contribution in [-0.2, 0) is 13.0 Å². The minimum absolute atomic E-state index is 0.0782. The van der Waals surface area contributed by atoms with Gasteiger partial charge in [0.25, 0.3) is 0 Å². The third-order valence-electron chi connectivity index (χ3n) is 6.00. The van der Waals surface area contributed by atoms with Crippen molar-refractivity contribution in [3.63, 3.8) is 0 Å². The summed E-state index contributed by atoms with van der Waals surface area (Å²) in [5.74, 6) is 2.53. The zero-order valence-corrected chi connectivity index (χ0v) is 19.7. The Hall–Kier alpha value is -2.96. The average molecular weight is 493 g/mol. The zero-order valence-electron chi connectivity index (χ0n) is 18.1. The van der Waals surface area contributed by atoms with Gasteiger partial charge in [0.15, 0.2) is 0 Å². The smallest absolute Gasteiger partial charge is 0.125 e. The molecule has 0 fully saturated rings. The number of hydrogen-bond acceptors (Lipinski definition) is 4. The Kier molecular flexibility index (Phi) is 5.81. The minimum Gasteiger partial charge on any atom is -0.497 e. The SMILES string of the molecule is COc1ccc2[nH]c3c(c2c1)CCNC3c1ccc(OC)c(COc2ccc(Br)cc2)c1. The van der Waals surface area contributed by atoms with Gasteiger partial charge >= 0.3 is 0 Å². The molecule has 164 valence electrons. The standard InChI is InChI=1S/C26H25BrN2O3/c1-30-20-8-9-23-22(14-20)21-11-12-28-25(26(21)29-23)16-3-10-24(31-2)17(13-16)15-32-19-6-4-18(27)5-7-19/h3-10,13-14,25,28-29H,11-12,15H2,1-2H3. The number of fused-ring (bicyclic) bond motifs is 3. The molecule has 4 aromatic rings. The number of hydrogen-bond donors (Lipinski definition) is 2. The molecule has 0 saturated carbocycles. The minimum atomic E-state index is 0.0782. The van der Waals surface area contributed by atoms with E-state index in [1.807, 2.05) is 36.4 Å². The molecule has 0 bridgehead atoms. The molecule has 5 nitrogen and oxygen atoms in total. The fourth-order valence-corrected chi connectivity index (χ4v) is 4.67. The van der Waals surface area contributed by atoms with Crippen LogP contribution in [0.3, 0.4) is 0 Å². The Morgan fingerprint density at radius 2 is 1.75 bits per heavy atom. The van der Waals surface area contributed by atoms with Gasteiger partial charge in [-0.1, -0.05) is 22.0 Å². The van der Waals surface area contributed by atoms with Crippen LogP contribution < -0.4 is 19.5 Å². The van der Waals surface area contributed by atoms with Gasteiger partial charge in [-0.25, -0.2) is 0 Å². The van der Waals surface area contributed by atoms with Crippen molar-refractivity contribution in [1.29, 1.82) is 0 Å². The lowest BCUT2D eigenvalue weighted by molar-refractivity contribution is 0.296. The number of H-pyrrole nitrogens is 1. The van der Waals surface area contributed by atoms with Crippen molar-refractivity contribution in [3.05, 3.63) is 87.5 Å². The molecule has 1 aliphatic heterocycles. The highest BCUT2D eigenvalue weighted by Crippen LogP contribution is 2.36. The number of methoxy groups -OCH3 is 2. The monoisotopic (exact) mass is 492 g/mol. The maximum absolute atomic E-state index is 6.03. The number of halogens is 1. The molecule has 1 aromatic heterocycles. The van der Waals surface area contributed by atoms with E-state index in [9.17, 15) is 0 Å². The molecule has 1 unspecified atom stereocenters. The number of aromatic amines is 1. The first-order valence-corrected chi connectivity index (χ1v) is 11.4. The molecule has 2 heterocycles. The van der Waals surface area contributed by atoms with E-state index in [0.29, 0.717) is 6.61 Å². The van der Waals surface area contributed by atoms with Crippen LogP contribution in [0.15, 0.2) is 65.1 Å². The molecule has 0 saturated heterocycles. The van der Waals surface area contributed by atoms with Gasteiger partial charge < -0.3 is 24.5 Å². The molecular formula is C26H25BrN2O3. The molecule has 5 rings (SSSR count). The van der Waals surface area contributed by atoms with Gasteiger partial charge in [-0.2, -0.15) is 0 Å². The van der Waals surface area contributed by atoms with Crippen LogP contribution in [0.25, 0.3) is 10.9 Å². The molecule has 0 radical (unpaired) electrons. The number of ether oxygens (including phenoxy) is 3. The van der Waals surface area contributed by atoms with E-state index < -0.39 is 0 Å². The highest BCUT2D eigenvalue weighted by Gasteiger charge is 2.26. The summed E-state index contributed by atoms with van der Waals surface area (Å²) >= 11 is 3.46. The second kappa shape index (κ2) is 8.88. The molecule has 0 spiro atoms. The highest BCUT2D eigenvalue weighted by molar-refractivity contribution is 9.10. The molecule has 0 amide bonds. The van der Waals surface area contributed by atoms with E-state index >= 15 is 0 Å². The first-order chi connectivity index (χ1) is 15.7. The van der Waals surface area contributed by atoms with Crippen molar-refractivity contribution in [3.8, 4) is 17.2 Å². The lowest BCUT2D eigenvalue weighted by Crippen LogP contribution is -2.30. The predicted molar refractivity (Wildman–Crippen MR) is 130 cm³/mol. The summed E-state index contributed by atoms with van der Waals surface area (Å²) in [6.45, 7) is 1.35. The van der Waals surface area contributed by atoms with Crippen LogP contribution in [0.2, 0.25) is 0 Å². The van der Waals surface area contributed by atoms with Crippen LogP contribution >= 0.6 is 15.9 Å². The molecule has 6 heteroatoms. The summed E-state index contributed by atoms with van der Waals surface area (Å²) in [7, 11) is 3.40. The van der Waals surface area contributed by atoms with E-state index in [2.05, 4.69) is 50.5 Å². The first kappa shape index (κ1) is 20.9. The van der Waals surface area contributed by atoms with Gasteiger partial charge in [0.1, 0.15) is 23.9 Å². The summed E-state index contributed by atoms with van der Waals surface area (Å²) in [5.41, 5.74) is 5.90. The van der Waals surface area contributed by atoms with Crippen LogP contribution in [0, 0.1) is 0 Å². The van der Waals surface area contributed by atoms with Crippen LogP contribution in [0.1, 0.15) is 28.4 Å². The topological polar surface area (TPSA) is 55.5 Å². The van der Waals surface area contributed by atoms with Crippen molar-refractivity contribution in [1.82, 2.24) is 10.3 Å². The Bertz CT molecular complexity index is 1250. The predicted octanol–water partition coefficient (Wildman–Crippen LogP) is 5.76. The van der Waals surface area contributed by atoms with Gasteiger partial charge in [0.05, 0.1) is 20.3 Å². The lowest BCUT2D eigenvalue weighted by Gasteiger charge is -2.25. The number of rotatable bonds is 6. The van der Waals surface area contributed by atoms with E-state index in [-0.39, 0.29) is 6.04 Å². The Morgan fingerprint density at radius 3 is 2.53 bits per heavy atom. The molecule has 0 aliphatic carbocycles. The normalized spacial score (nSPS) is 15.4. The van der Waals surface area contributed by atoms with Crippen molar-refractivity contribution in [2.45, 2.75) is 19.1 Å². The summed E-state index contributed by atoms with van der Waals surface area (Å²) in [6.07, 6.45) is 0.981. The van der Waals surface area contributed by atoms with E-state index in [4.69, 9.17) is 14.2 Å². The van der Waals surface area contributed by atoms with Crippen LogP contribution in [0.5, 0.6) is 17.2 Å². The van der Waals surface area contributed by atoms with Gasteiger partial charge in [-0.15, -0.1) is 0 Å². The van der Waals surface area contributed by atoms with E-state index in [1.54, 1.807) is 14.2 Å². The summed E-state index contributed by atoms with van der Waals surface area (Å²) in [6, 6.07) is 20.5. The highest BCUT2D eigenvalue weighted by atomic mass is 79.9. The van der Waals surface area contributed by atoms with Gasteiger partial charge in [0, 0.05) is 33.2 Å². The molecule has 32 heavy (non-hydrogen) atoms. The average Bonchev–Trinajstić information content (AvgIpc) is 3.21. The third kappa shape index (κ3) is 3.96.